The van der Waals surface area contributed by atoms with Gasteiger partial charge in [0.2, 0.25) is 0 Å². The third kappa shape index (κ3) is 4.70. The molecule has 0 aliphatic rings. The molecule has 0 spiro atoms. The van der Waals surface area contributed by atoms with Crippen LogP contribution < -0.4 is 5.73 Å². The van der Waals surface area contributed by atoms with Crippen LogP contribution in [0.1, 0.15) is 23.6 Å². The number of aliphatic carboxylic acids is 1. The molecule has 2 rings (SSSR count). The van der Waals surface area contributed by atoms with Crippen LogP contribution in [0.2, 0.25) is 0 Å². The summed E-state index contributed by atoms with van der Waals surface area (Å²) in [5.74, 6) is -3.40. The molecule has 4 nitrogen and oxygen atoms in total. The fourth-order valence-electron chi connectivity index (χ4n) is 2.38. The number of Topliss-reactive ketones (excluding diaryl/α,β-unsaturated/α-hetero) is 1. The zero-order valence-corrected chi connectivity index (χ0v) is 12.8. The van der Waals surface area contributed by atoms with Crippen LogP contribution >= 0.6 is 0 Å². The summed E-state index contributed by atoms with van der Waals surface area (Å²) in [6.07, 6.45) is -0.164. The third-order valence-corrected chi connectivity index (χ3v) is 3.77. The van der Waals surface area contributed by atoms with Gasteiger partial charge in [-0.2, -0.15) is 0 Å². The van der Waals surface area contributed by atoms with Crippen LogP contribution in [0.25, 0.3) is 0 Å². The fourth-order valence-corrected chi connectivity index (χ4v) is 2.38. The quantitative estimate of drug-likeness (QED) is 0.816. The van der Waals surface area contributed by atoms with Crippen molar-refractivity contribution in [3.8, 4) is 0 Å². The number of hydrogen-bond acceptors (Lipinski definition) is 3. The topological polar surface area (TPSA) is 80.4 Å². The Morgan fingerprint density at radius 1 is 0.958 bits per heavy atom. The third-order valence-electron chi connectivity index (χ3n) is 3.77. The molecule has 0 aliphatic carbocycles. The van der Waals surface area contributed by atoms with Gasteiger partial charge in [-0.1, -0.05) is 24.3 Å². The van der Waals surface area contributed by atoms with E-state index in [4.69, 9.17) is 5.73 Å². The molecule has 2 atom stereocenters. The molecule has 0 saturated carbocycles. The number of hydrogen-bond donors (Lipinski definition) is 2. The standard InChI is InChI=1S/C18H17F2NO3/c19-14-5-1-11(2-6-14)9-13(18(23)24)10-16(22)17(21)12-3-7-15(20)8-4-12/h1-8,13,17H,9-10,21H2,(H,23,24)/t13?,17-/m0/s1. The van der Waals surface area contributed by atoms with Gasteiger partial charge in [-0.05, 0) is 41.8 Å². The van der Waals surface area contributed by atoms with E-state index in [1.807, 2.05) is 0 Å². The summed E-state index contributed by atoms with van der Waals surface area (Å²) in [5, 5.41) is 9.31. The second-order valence-electron chi connectivity index (χ2n) is 5.57. The normalized spacial score (nSPS) is 13.3. The predicted molar refractivity (Wildman–Crippen MR) is 84.2 cm³/mol. The van der Waals surface area contributed by atoms with Crippen molar-refractivity contribution in [1.29, 1.82) is 0 Å². The van der Waals surface area contributed by atoms with E-state index in [1.54, 1.807) is 0 Å². The van der Waals surface area contributed by atoms with Gasteiger partial charge in [0.25, 0.3) is 0 Å². The number of halogens is 2. The molecule has 0 amide bonds. The average molecular weight is 333 g/mol. The molecule has 126 valence electrons. The highest BCUT2D eigenvalue weighted by Crippen LogP contribution is 2.19. The van der Waals surface area contributed by atoms with Gasteiger partial charge < -0.3 is 10.8 Å². The minimum absolute atomic E-state index is 0.0947. The summed E-state index contributed by atoms with van der Waals surface area (Å²) in [7, 11) is 0. The molecule has 0 radical (unpaired) electrons. The zero-order valence-electron chi connectivity index (χ0n) is 12.8. The molecule has 0 saturated heterocycles. The molecule has 0 aliphatic heterocycles. The van der Waals surface area contributed by atoms with Crippen LogP contribution in [-0.2, 0) is 16.0 Å². The summed E-state index contributed by atoms with van der Waals surface area (Å²) in [5.41, 5.74) is 6.88. The Kier molecular flexibility index (Phi) is 5.76. The summed E-state index contributed by atoms with van der Waals surface area (Å²) < 4.78 is 25.8. The largest absolute Gasteiger partial charge is 0.481 e. The van der Waals surface area contributed by atoms with E-state index in [2.05, 4.69) is 0 Å². The molecule has 3 N–H and O–H groups in total. The molecule has 1 unspecified atom stereocenters. The number of benzene rings is 2. The van der Waals surface area contributed by atoms with Crippen molar-refractivity contribution in [1.82, 2.24) is 0 Å². The van der Waals surface area contributed by atoms with Crippen molar-refractivity contribution in [2.24, 2.45) is 11.7 Å². The highest BCUT2D eigenvalue weighted by molar-refractivity contribution is 5.88. The molecule has 2 aromatic carbocycles. The molecule has 2 aromatic rings. The summed E-state index contributed by atoms with van der Waals surface area (Å²) in [6.45, 7) is 0. The van der Waals surface area contributed by atoms with E-state index >= 15 is 0 Å². The van der Waals surface area contributed by atoms with E-state index < -0.39 is 35.3 Å². The molecule has 24 heavy (non-hydrogen) atoms. The second kappa shape index (κ2) is 7.79. The average Bonchev–Trinajstić information content (AvgIpc) is 2.56. The van der Waals surface area contributed by atoms with Crippen molar-refractivity contribution >= 4 is 11.8 Å². The van der Waals surface area contributed by atoms with Crippen LogP contribution in [0.5, 0.6) is 0 Å². The van der Waals surface area contributed by atoms with E-state index in [0.29, 0.717) is 11.1 Å². The lowest BCUT2D eigenvalue weighted by Crippen LogP contribution is -2.27. The van der Waals surface area contributed by atoms with Crippen LogP contribution in [0.3, 0.4) is 0 Å². The Morgan fingerprint density at radius 2 is 1.46 bits per heavy atom. The first-order valence-corrected chi connectivity index (χ1v) is 7.38. The lowest BCUT2D eigenvalue weighted by Gasteiger charge is -2.16. The van der Waals surface area contributed by atoms with Crippen molar-refractivity contribution in [3.05, 3.63) is 71.3 Å². The number of rotatable bonds is 7. The van der Waals surface area contributed by atoms with Crippen LogP contribution in [0.4, 0.5) is 8.78 Å². The second-order valence-corrected chi connectivity index (χ2v) is 5.57. The summed E-state index contributed by atoms with van der Waals surface area (Å²) in [4.78, 5) is 23.6. The smallest absolute Gasteiger partial charge is 0.307 e. The van der Waals surface area contributed by atoms with Gasteiger partial charge >= 0.3 is 5.97 Å². The SMILES string of the molecule is N[C@H](C(=O)CC(Cc1ccc(F)cc1)C(=O)O)c1ccc(F)cc1. The monoisotopic (exact) mass is 333 g/mol. The minimum atomic E-state index is -1.13. The number of carbonyl (C=O) groups is 2. The predicted octanol–water partition coefficient (Wildman–Crippen LogP) is 2.87. The van der Waals surface area contributed by atoms with Crippen molar-refractivity contribution in [2.45, 2.75) is 18.9 Å². The molecule has 0 bridgehead atoms. The Bertz CT molecular complexity index is 714. The first-order valence-electron chi connectivity index (χ1n) is 7.38. The first-order chi connectivity index (χ1) is 11.4. The highest BCUT2D eigenvalue weighted by atomic mass is 19.1. The van der Waals surface area contributed by atoms with E-state index in [-0.39, 0.29) is 12.8 Å². The lowest BCUT2D eigenvalue weighted by molar-refractivity contribution is -0.143. The van der Waals surface area contributed by atoms with Crippen molar-refractivity contribution in [2.75, 3.05) is 0 Å². The number of ketones is 1. The fraction of sp³-hybridized carbons (Fsp3) is 0.222. The van der Waals surface area contributed by atoms with Gasteiger partial charge in [0, 0.05) is 6.42 Å². The molecular weight excluding hydrogens is 316 g/mol. The number of nitrogens with two attached hydrogens (primary N) is 1. The minimum Gasteiger partial charge on any atom is -0.481 e. The van der Waals surface area contributed by atoms with Gasteiger partial charge in [0.1, 0.15) is 11.6 Å². The Labute approximate surface area is 137 Å². The molecule has 6 heteroatoms. The van der Waals surface area contributed by atoms with Gasteiger partial charge in [-0.3, -0.25) is 9.59 Å². The van der Waals surface area contributed by atoms with Crippen molar-refractivity contribution in [3.63, 3.8) is 0 Å². The van der Waals surface area contributed by atoms with Gasteiger partial charge in [-0.15, -0.1) is 0 Å². The van der Waals surface area contributed by atoms with E-state index in [9.17, 15) is 23.5 Å². The molecule has 0 aromatic heterocycles. The van der Waals surface area contributed by atoms with Crippen LogP contribution in [0, 0.1) is 17.6 Å². The van der Waals surface area contributed by atoms with E-state index in [0.717, 1.165) is 0 Å². The maximum Gasteiger partial charge on any atom is 0.307 e. The van der Waals surface area contributed by atoms with E-state index in [1.165, 1.54) is 48.5 Å². The van der Waals surface area contributed by atoms with Crippen molar-refractivity contribution < 1.29 is 23.5 Å². The Morgan fingerprint density at radius 3 is 1.96 bits per heavy atom. The molecule has 0 heterocycles. The van der Waals surface area contributed by atoms with Crippen LogP contribution in [-0.4, -0.2) is 16.9 Å². The number of carboxylic acids is 1. The maximum atomic E-state index is 12.9. The maximum absolute atomic E-state index is 12.9. The zero-order chi connectivity index (χ0) is 17.7. The molecule has 0 fully saturated rings. The highest BCUT2D eigenvalue weighted by Gasteiger charge is 2.25. The van der Waals surface area contributed by atoms with Crippen LogP contribution in [0.15, 0.2) is 48.5 Å². The lowest BCUT2D eigenvalue weighted by atomic mass is 9.90. The Hall–Kier alpha value is -2.60. The number of carbonyl (C=O) groups excluding carboxylic acids is 1. The van der Waals surface area contributed by atoms with Gasteiger partial charge in [0.15, 0.2) is 5.78 Å². The first kappa shape index (κ1) is 17.7. The summed E-state index contributed by atoms with van der Waals surface area (Å²) >= 11 is 0. The van der Waals surface area contributed by atoms with Gasteiger partial charge in [0.05, 0.1) is 12.0 Å². The molecular formula is C18H17F2NO3. The van der Waals surface area contributed by atoms with Gasteiger partial charge in [-0.25, -0.2) is 8.78 Å². The Balaban J connectivity index is 2.06. The summed E-state index contributed by atoms with van der Waals surface area (Å²) in [6, 6.07) is 9.60. The number of carboxylic acid groups (broad SMARTS) is 1.